The van der Waals surface area contributed by atoms with Crippen LogP contribution in [0, 0.1) is 5.92 Å². The lowest BCUT2D eigenvalue weighted by atomic mass is 9.67. The van der Waals surface area contributed by atoms with E-state index < -0.39 is 0 Å². The van der Waals surface area contributed by atoms with Gasteiger partial charge in [0.1, 0.15) is 5.75 Å². The molecule has 0 amide bonds. The van der Waals surface area contributed by atoms with E-state index in [1.54, 1.807) is 0 Å². The lowest BCUT2D eigenvalue weighted by molar-refractivity contribution is -0.0898. The van der Waals surface area contributed by atoms with Crippen LogP contribution in [0.1, 0.15) is 25.8 Å². The van der Waals surface area contributed by atoms with Gasteiger partial charge in [-0.3, -0.25) is 0 Å². The summed E-state index contributed by atoms with van der Waals surface area (Å²) in [5.41, 5.74) is 7.36. The molecule has 0 saturated carbocycles. The van der Waals surface area contributed by atoms with E-state index in [1.807, 2.05) is 19.1 Å². The van der Waals surface area contributed by atoms with Crippen molar-refractivity contribution in [3.05, 3.63) is 29.8 Å². The van der Waals surface area contributed by atoms with Crippen molar-refractivity contribution in [2.75, 3.05) is 26.4 Å². The summed E-state index contributed by atoms with van der Waals surface area (Å²) in [6, 6.07) is 8.40. The molecule has 0 aliphatic carbocycles. The fourth-order valence-electron chi connectivity index (χ4n) is 2.79. The number of ether oxygens (including phenoxy) is 2. The second kappa shape index (κ2) is 5.72. The van der Waals surface area contributed by atoms with Crippen LogP contribution in [0.15, 0.2) is 24.3 Å². The Kier molecular flexibility index (Phi) is 4.25. The first kappa shape index (κ1) is 13.4. The molecule has 18 heavy (non-hydrogen) atoms. The van der Waals surface area contributed by atoms with Crippen LogP contribution in [0.5, 0.6) is 5.75 Å². The Hall–Kier alpha value is -1.06. The lowest BCUT2D eigenvalue weighted by Crippen LogP contribution is -2.54. The quantitative estimate of drug-likeness (QED) is 0.841. The summed E-state index contributed by atoms with van der Waals surface area (Å²) in [6.45, 7) is 7.19. The van der Waals surface area contributed by atoms with Gasteiger partial charge >= 0.3 is 0 Å². The second-order valence-corrected chi connectivity index (χ2v) is 4.95. The molecule has 1 saturated heterocycles. The normalized spacial score (nSPS) is 19.1. The van der Waals surface area contributed by atoms with Gasteiger partial charge in [-0.2, -0.15) is 0 Å². The molecular weight excluding hydrogens is 226 g/mol. The van der Waals surface area contributed by atoms with Crippen LogP contribution in [0.3, 0.4) is 0 Å². The second-order valence-electron chi connectivity index (χ2n) is 4.95. The van der Waals surface area contributed by atoms with E-state index in [0.717, 1.165) is 25.4 Å². The van der Waals surface area contributed by atoms with Gasteiger partial charge < -0.3 is 15.2 Å². The van der Waals surface area contributed by atoms with Crippen LogP contribution in [-0.4, -0.2) is 26.4 Å². The Morgan fingerprint density at radius 3 is 2.33 bits per heavy atom. The number of hydrogen-bond acceptors (Lipinski definition) is 3. The fraction of sp³-hybridized carbons (Fsp3) is 0.600. The minimum absolute atomic E-state index is 0.119. The zero-order chi connectivity index (χ0) is 13.0. The van der Waals surface area contributed by atoms with E-state index in [9.17, 15) is 0 Å². The summed E-state index contributed by atoms with van der Waals surface area (Å²) in [7, 11) is 0. The Bertz CT molecular complexity index is 367. The van der Waals surface area contributed by atoms with E-state index >= 15 is 0 Å². The maximum Gasteiger partial charge on any atom is 0.119 e. The van der Waals surface area contributed by atoms with Crippen molar-refractivity contribution >= 4 is 0 Å². The first-order valence-electron chi connectivity index (χ1n) is 6.78. The molecule has 0 spiro atoms. The third kappa shape index (κ3) is 2.25. The number of nitrogens with two attached hydrogens (primary N) is 1. The molecule has 1 aliphatic heterocycles. The molecule has 0 radical (unpaired) electrons. The molecule has 3 nitrogen and oxygen atoms in total. The van der Waals surface area contributed by atoms with E-state index in [4.69, 9.17) is 15.2 Å². The third-order valence-electron chi connectivity index (χ3n) is 4.02. The summed E-state index contributed by atoms with van der Waals surface area (Å²) >= 11 is 0. The van der Waals surface area contributed by atoms with Gasteiger partial charge in [-0.1, -0.05) is 25.5 Å². The van der Waals surface area contributed by atoms with Crippen molar-refractivity contribution in [2.45, 2.75) is 25.7 Å². The van der Waals surface area contributed by atoms with Gasteiger partial charge in [-0.05, 0) is 37.1 Å². The van der Waals surface area contributed by atoms with Gasteiger partial charge in [0.25, 0.3) is 0 Å². The number of rotatable bonds is 6. The van der Waals surface area contributed by atoms with Crippen molar-refractivity contribution in [1.82, 2.24) is 0 Å². The van der Waals surface area contributed by atoms with Gasteiger partial charge in [-0.15, -0.1) is 0 Å². The van der Waals surface area contributed by atoms with Gasteiger partial charge in [0.15, 0.2) is 0 Å². The molecule has 1 aromatic carbocycles. The molecule has 3 heteroatoms. The lowest BCUT2D eigenvalue weighted by Gasteiger charge is -2.47. The molecule has 1 aromatic rings. The molecule has 1 heterocycles. The molecule has 100 valence electrons. The molecule has 1 aliphatic rings. The molecular formula is C15H23NO2. The van der Waals surface area contributed by atoms with E-state index in [0.29, 0.717) is 19.1 Å². The molecule has 1 unspecified atom stereocenters. The summed E-state index contributed by atoms with van der Waals surface area (Å²) in [5, 5.41) is 0. The summed E-state index contributed by atoms with van der Waals surface area (Å²) in [4.78, 5) is 0. The monoisotopic (exact) mass is 249 g/mol. The van der Waals surface area contributed by atoms with E-state index in [2.05, 4.69) is 19.1 Å². The highest BCUT2D eigenvalue weighted by atomic mass is 16.5. The highest BCUT2D eigenvalue weighted by Crippen LogP contribution is 2.41. The zero-order valence-corrected chi connectivity index (χ0v) is 11.3. The van der Waals surface area contributed by atoms with Crippen LogP contribution in [0.4, 0.5) is 0 Å². The molecule has 2 N–H and O–H groups in total. The third-order valence-corrected chi connectivity index (χ3v) is 4.02. The zero-order valence-electron chi connectivity index (χ0n) is 11.3. The maximum atomic E-state index is 5.91. The minimum Gasteiger partial charge on any atom is -0.494 e. The van der Waals surface area contributed by atoms with Crippen LogP contribution in [-0.2, 0) is 10.2 Å². The minimum atomic E-state index is 0.119. The van der Waals surface area contributed by atoms with Crippen molar-refractivity contribution < 1.29 is 9.47 Å². The van der Waals surface area contributed by atoms with Crippen LogP contribution in [0.25, 0.3) is 0 Å². The van der Waals surface area contributed by atoms with Gasteiger partial charge in [0.2, 0.25) is 0 Å². The Morgan fingerprint density at radius 2 is 1.94 bits per heavy atom. The van der Waals surface area contributed by atoms with Gasteiger partial charge in [0, 0.05) is 5.41 Å². The van der Waals surface area contributed by atoms with E-state index in [1.165, 1.54) is 5.56 Å². The highest BCUT2D eigenvalue weighted by Gasteiger charge is 2.45. The fourth-order valence-corrected chi connectivity index (χ4v) is 2.79. The van der Waals surface area contributed by atoms with Crippen LogP contribution in [0.2, 0.25) is 0 Å². The predicted molar refractivity (Wildman–Crippen MR) is 72.9 cm³/mol. The van der Waals surface area contributed by atoms with E-state index in [-0.39, 0.29) is 5.41 Å². The molecule has 1 atom stereocenters. The Morgan fingerprint density at radius 1 is 1.28 bits per heavy atom. The largest absolute Gasteiger partial charge is 0.494 e. The van der Waals surface area contributed by atoms with Crippen LogP contribution >= 0.6 is 0 Å². The topological polar surface area (TPSA) is 44.5 Å². The summed E-state index contributed by atoms with van der Waals surface area (Å²) in [5.74, 6) is 1.42. The molecule has 1 fully saturated rings. The maximum absolute atomic E-state index is 5.91. The van der Waals surface area contributed by atoms with Gasteiger partial charge in [-0.25, -0.2) is 0 Å². The standard InChI is InChI=1S/C15H23NO2/c1-3-12(9-16)15(10-17-11-15)13-5-7-14(8-6-13)18-4-2/h5-8,12H,3-4,9-11,16H2,1-2H3. The molecule has 0 bridgehead atoms. The molecule has 0 aromatic heterocycles. The van der Waals surface area contributed by atoms with Crippen molar-refractivity contribution in [3.8, 4) is 5.75 Å². The van der Waals surface area contributed by atoms with Crippen molar-refractivity contribution in [1.29, 1.82) is 0 Å². The van der Waals surface area contributed by atoms with Crippen molar-refractivity contribution in [3.63, 3.8) is 0 Å². The Balaban J connectivity index is 2.22. The smallest absolute Gasteiger partial charge is 0.119 e. The summed E-state index contributed by atoms with van der Waals surface area (Å²) < 4.78 is 11.0. The number of benzene rings is 1. The first-order valence-corrected chi connectivity index (χ1v) is 6.78. The van der Waals surface area contributed by atoms with Crippen LogP contribution < -0.4 is 10.5 Å². The summed E-state index contributed by atoms with van der Waals surface area (Å²) in [6.07, 6.45) is 1.09. The SMILES string of the molecule is CCOc1ccc(C2(C(CC)CN)COC2)cc1. The predicted octanol–water partition coefficient (Wildman–Crippen LogP) is 2.34. The average molecular weight is 249 g/mol. The first-order chi connectivity index (χ1) is 8.76. The Labute approximate surface area is 109 Å². The average Bonchev–Trinajstić information content (AvgIpc) is 2.35. The molecule has 2 rings (SSSR count). The van der Waals surface area contributed by atoms with Crippen molar-refractivity contribution in [2.24, 2.45) is 11.7 Å². The van der Waals surface area contributed by atoms with Gasteiger partial charge in [0.05, 0.1) is 19.8 Å². The number of hydrogen-bond donors (Lipinski definition) is 1. The highest BCUT2D eigenvalue weighted by molar-refractivity contribution is 5.35.